The van der Waals surface area contributed by atoms with Gasteiger partial charge in [-0.15, -0.1) is 0 Å². The molecule has 11 rings (SSSR count). The number of fused-ring (bicyclic) bond motifs is 9. The molecular formula is C58H49NO. The molecular weight excluding hydrogens is 727 g/mol. The molecule has 60 heavy (non-hydrogen) atoms. The van der Waals surface area contributed by atoms with E-state index in [4.69, 9.17) is 4.42 Å². The first-order valence-electron chi connectivity index (χ1n) is 21.3. The standard InChI is InChI=1S/C58H49NO/c1-56(2,3)40-22-29-46-49-32-38(21-31-51(49)58(6,7)52(46)34-40)36-16-23-41(24-17-36)59(43-27-30-45-44-12-8-10-14-50(44)57(4,5)53(45)35-43)42-25-18-37(19-26-42)39-20-28-48-47-13-9-11-15-54(47)60-55(48)33-39/h8-35H,1-7H3. The van der Waals surface area contributed by atoms with Gasteiger partial charge in [-0.05, 0) is 138 Å². The molecule has 2 nitrogen and oxygen atoms in total. The second-order valence-corrected chi connectivity index (χ2v) is 19.0. The predicted molar refractivity (Wildman–Crippen MR) is 253 cm³/mol. The molecule has 9 aromatic rings. The monoisotopic (exact) mass is 775 g/mol. The Morgan fingerprint density at radius 2 is 0.900 bits per heavy atom. The first-order chi connectivity index (χ1) is 28.9. The highest BCUT2D eigenvalue weighted by atomic mass is 16.3. The van der Waals surface area contributed by atoms with Gasteiger partial charge in [0.05, 0.1) is 0 Å². The molecule has 0 unspecified atom stereocenters. The summed E-state index contributed by atoms with van der Waals surface area (Å²) in [5.74, 6) is 0. The predicted octanol–water partition coefficient (Wildman–Crippen LogP) is 16.3. The molecule has 0 aliphatic heterocycles. The molecule has 1 aromatic heterocycles. The zero-order valence-electron chi connectivity index (χ0n) is 35.5. The molecule has 0 amide bonds. The van der Waals surface area contributed by atoms with Crippen LogP contribution < -0.4 is 4.90 Å². The van der Waals surface area contributed by atoms with Crippen molar-refractivity contribution in [2.45, 2.75) is 64.7 Å². The maximum atomic E-state index is 6.26. The van der Waals surface area contributed by atoms with Crippen molar-refractivity contribution >= 4 is 39.0 Å². The fourth-order valence-corrected chi connectivity index (χ4v) is 10.2. The van der Waals surface area contributed by atoms with E-state index in [1.165, 1.54) is 61.2 Å². The highest BCUT2D eigenvalue weighted by Crippen LogP contribution is 2.52. The molecule has 1 heterocycles. The van der Waals surface area contributed by atoms with Gasteiger partial charge in [0, 0.05) is 38.7 Å². The Hall–Kier alpha value is -6.64. The van der Waals surface area contributed by atoms with Crippen molar-refractivity contribution < 1.29 is 4.42 Å². The zero-order chi connectivity index (χ0) is 41.1. The van der Waals surface area contributed by atoms with Gasteiger partial charge in [-0.2, -0.15) is 0 Å². The third kappa shape index (κ3) is 5.54. The summed E-state index contributed by atoms with van der Waals surface area (Å²) in [5, 5.41) is 2.29. The maximum Gasteiger partial charge on any atom is 0.136 e. The smallest absolute Gasteiger partial charge is 0.136 e. The van der Waals surface area contributed by atoms with Crippen LogP contribution in [0.5, 0.6) is 0 Å². The lowest BCUT2D eigenvalue weighted by atomic mass is 9.79. The van der Waals surface area contributed by atoms with Gasteiger partial charge >= 0.3 is 0 Å². The minimum atomic E-state index is -0.105. The van der Waals surface area contributed by atoms with E-state index in [1.807, 2.05) is 12.1 Å². The summed E-state index contributed by atoms with van der Waals surface area (Å²) in [7, 11) is 0. The van der Waals surface area contributed by atoms with E-state index in [9.17, 15) is 0 Å². The van der Waals surface area contributed by atoms with Crippen molar-refractivity contribution in [1.82, 2.24) is 0 Å². The topological polar surface area (TPSA) is 16.4 Å². The summed E-state index contributed by atoms with van der Waals surface area (Å²) in [5.41, 5.74) is 22.2. The Labute approximate surface area is 353 Å². The number of hydrogen-bond acceptors (Lipinski definition) is 2. The van der Waals surface area contributed by atoms with Crippen LogP contribution in [-0.2, 0) is 16.2 Å². The second kappa shape index (κ2) is 12.9. The number of hydrogen-bond donors (Lipinski definition) is 0. The van der Waals surface area contributed by atoms with Gasteiger partial charge in [-0.25, -0.2) is 0 Å². The molecule has 0 bridgehead atoms. The van der Waals surface area contributed by atoms with Gasteiger partial charge in [0.2, 0.25) is 0 Å². The van der Waals surface area contributed by atoms with Gasteiger partial charge in [0.15, 0.2) is 0 Å². The molecule has 2 aliphatic rings. The second-order valence-electron chi connectivity index (χ2n) is 19.0. The minimum absolute atomic E-state index is 0.0453. The first kappa shape index (κ1) is 36.4. The van der Waals surface area contributed by atoms with Crippen LogP contribution in [0.2, 0.25) is 0 Å². The average molecular weight is 776 g/mol. The molecule has 0 N–H and O–H groups in total. The highest BCUT2D eigenvalue weighted by Gasteiger charge is 2.37. The van der Waals surface area contributed by atoms with E-state index in [2.05, 4.69) is 211 Å². The Morgan fingerprint density at radius 1 is 0.383 bits per heavy atom. The lowest BCUT2D eigenvalue weighted by molar-refractivity contribution is 0.584. The highest BCUT2D eigenvalue weighted by molar-refractivity contribution is 6.06. The molecule has 0 spiro atoms. The number of furan rings is 1. The van der Waals surface area contributed by atoms with E-state index in [-0.39, 0.29) is 16.2 Å². The van der Waals surface area contributed by atoms with Crippen molar-refractivity contribution in [3.05, 3.63) is 198 Å². The maximum absolute atomic E-state index is 6.26. The van der Waals surface area contributed by atoms with Crippen LogP contribution in [0.1, 0.15) is 76.3 Å². The van der Waals surface area contributed by atoms with E-state index >= 15 is 0 Å². The molecule has 0 fully saturated rings. The van der Waals surface area contributed by atoms with Crippen LogP contribution in [0.3, 0.4) is 0 Å². The fourth-order valence-electron chi connectivity index (χ4n) is 10.2. The fraction of sp³-hybridized carbons (Fsp3) is 0.172. The molecule has 292 valence electrons. The lowest BCUT2D eigenvalue weighted by Crippen LogP contribution is -2.17. The van der Waals surface area contributed by atoms with Gasteiger partial charge in [-0.3, -0.25) is 0 Å². The SMILES string of the molecule is CC(C)(C)c1ccc2c(c1)C(C)(C)c1ccc(-c3ccc(N(c4ccc(-c5ccc6c(c5)oc5ccccc56)cc4)c4ccc5c(c4)C(C)(C)c4ccccc4-5)cc3)cc1-2. The third-order valence-electron chi connectivity index (χ3n) is 13.7. The van der Waals surface area contributed by atoms with Crippen LogP contribution >= 0.6 is 0 Å². The number of anilines is 3. The van der Waals surface area contributed by atoms with Crippen LogP contribution in [0, 0.1) is 0 Å². The number of nitrogens with zero attached hydrogens (tertiary/aromatic N) is 1. The van der Waals surface area contributed by atoms with Crippen molar-refractivity contribution in [2.24, 2.45) is 0 Å². The summed E-state index contributed by atoms with van der Waals surface area (Å²) in [4.78, 5) is 2.41. The molecule has 0 saturated carbocycles. The Balaban J connectivity index is 0.980. The summed E-state index contributed by atoms with van der Waals surface area (Å²) >= 11 is 0. The molecule has 0 saturated heterocycles. The van der Waals surface area contributed by atoms with E-state index in [0.29, 0.717) is 0 Å². The van der Waals surface area contributed by atoms with Crippen LogP contribution in [0.15, 0.2) is 174 Å². The van der Waals surface area contributed by atoms with Gasteiger partial charge in [0.1, 0.15) is 11.2 Å². The third-order valence-corrected chi connectivity index (χ3v) is 13.7. The summed E-state index contributed by atoms with van der Waals surface area (Å²) < 4.78 is 6.26. The van der Waals surface area contributed by atoms with Crippen molar-refractivity contribution in [1.29, 1.82) is 0 Å². The molecule has 0 radical (unpaired) electrons. The normalized spacial score (nSPS) is 14.5. The Morgan fingerprint density at radius 3 is 1.62 bits per heavy atom. The number of para-hydroxylation sites is 1. The minimum Gasteiger partial charge on any atom is -0.456 e. The van der Waals surface area contributed by atoms with Crippen molar-refractivity contribution in [3.63, 3.8) is 0 Å². The summed E-state index contributed by atoms with van der Waals surface area (Å²) in [6.45, 7) is 16.4. The zero-order valence-corrected chi connectivity index (χ0v) is 35.5. The van der Waals surface area contributed by atoms with Gasteiger partial charge in [-0.1, -0.05) is 158 Å². The summed E-state index contributed by atoms with van der Waals surface area (Å²) in [6, 6.07) is 63.1. The van der Waals surface area contributed by atoms with Gasteiger partial charge < -0.3 is 9.32 Å². The first-order valence-corrected chi connectivity index (χ1v) is 21.3. The lowest BCUT2D eigenvalue weighted by Gasteiger charge is -2.28. The van der Waals surface area contributed by atoms with Crippen LogP contribution in [-0.4, -0.2) is 0 Å². The van der Waals surface area contributed by atoms with Crippen molar-refractivity contribution in [2.75, 3.05) is 4.90 Å². The molecule has 2 aliphatic carbocycles. The van der Waals surface area contributed by atoms with E-state index < -0.39 is 0 Å². The van der Waals surface area contributed by atoms with E-state index in [1.54, 1.807) is 0 Å². The Bertz CT molecular complexity index is 3170. The average Bonchev–Trinajstić information content (AvgIpc) is 3.82. The number of benzene rings is 8. The van der Waals surface area contributed by atoms with Crippen molar-refractivity contribution in [3.8, 4) is 44.5 Å². The Kier molecular flexibility index (Phi) is 7.85. The van der Waals surface area contributed by atoms with E-state index in [0.717, 1.165) is 50.1 Å². The van der Waals surface area contributed by atoms with Crippen LogP contribution in [0.4, 0.5) is 17.1 Å². The number of rotatable bonds is 5. The molecule has 2 heteroatoms. The van der Waals surface area contributed by atoms with Gasteiger partial charge in [0.25, 0.3) is 0 Å². The van der Waals surface area contributed by atoms with Crippen LogP contribution in [0.25, 0.3) is 66.4 Å². The molecule has 0 atom stereocenters. The molecule has 8 aromatic carbocycles. The largest absolute Gasteiger partial charge is 0.456 e. The quantitative estimate of drug-likeness (QED) is 0.173. The summed E-state index contributed by atoms with van der Waals surface area (Å²) in [6.07, 6.45) is 0.